The summed E-state index contributed by atoms with van der Waals surface area (Å²) in [5, 5.41) is 0. The van der Waals surface area contributed by atoms with Crippen LogP contribution in [0, 0.1) is 0 Å². The zero-order chi connectivity index (χ0) is 29.9. The van der Waals surface area contributed by atoms with Crippen molar-refractivity contribution < 1.29 is 4.74 Å². The minimum Gasteiger partial charge on any atom is -0.467 e. The first-order valence-corrected chi connectivity index (χ1v) is 18.6. The molecule has 0 aliphatic carbocycles. The van der Waals surface area contributed by atoms with Gasteiger partial charge in [-0.1, -0.05) is 141 Å². The first-order valence-electron chi connectivity index (χ1n) is 18.6. The van der Waals surface area contributed by atoms with Gasteiger partial charge in [-0.3, -0.25) is 0 Å². The highest BCUT2D eigenvalue weighted by atomic mass is 16.5. The van der Waals surface area contributed by atoms with Gasteiger partial charge < -0.3 is 4.74 Å². The molecule has 0 saturated heterocycles. The van der Waals surface area contributed by atoms with Crippen LogP contribution in [0.3, 0.4) is 0 Å². The molecule has 1 heteroatoms. The lowest BCUT2D eigenvalue weighted by molar-refractivity contribution is 0.269. The van der Waals surface area contributed by atoms with Crippen molar-refractivity contribution in [2.75, 3.05) is 0 Å². The summed E-state index contributed by atoms with van der Waals surface area (Å²) in [5.74, 6) is 2.34. The normalized spacial score (nSPS) is 12.8. The van der Waals surface area contributed by atoms with E-state index in [4.69, 9.17) is 4.74 Å². The Kier molecular flexibility index (Phi) is 33.9. The predicted molar refractivity (Wildman–Crippen MR) is 188 cm³/mol. The van der Waals surface area contributed by atoms with E-state index in [0.717, 1.165) is 12.8 Å². The predicted octanol–water partition coefficient (Wildman–Crippen LogP) is 14.9. The van der Waals surface area contributed by atoms with Crippen molar-refractivity contribution >= 4 is 0 Å². The van der Waals surface area contributed by atoms with Crippen molar-refractivity contribution in [1.82, 2.24) is 0 Å². The van der Waals surface area contributed by atoms with Crippen molar-refractivity contribution in [3.05, 3.63) is 48.0 Å². The summed E-state index contributed by atoms with van der Waals surface area (Å²) in [4.78, 5) is 0. The zero-order valence-electron chi connectivity index (χ0n) is 28.7. The molecule has 0 atom stereocenters. The molecule has 0 aliphatic rings. The summed E-state index contributed by atoms with van der Waals surface area (Å²) in [6.45, 7) is 8.83. The van der Waals surface area contributed by atoms with Crippen molar-refractivity contribution in [1.29, 1.82) is 0 Å². The first-order chi connectivity index (χ1) is 20.3. The van der Waals surface area contributed by atoms with Crippen molar-refractivity contribution in [2.24, 2.45) is 0 Å². The highest BCUT2D eigenvalue weighted by Gasteiger charge is 2.04. The molecule has 0 rings (SSSR count). The van der Waals surface area contributed by atoms with Crippen molar-refractivity contribution in [3.63, 3.8) is 0 Å². The van der Waals surface area contributed by atoms with E-state index in [9.17, 15) is 0 Å². The summed E-state index contributed by atoms with van der Waals surface area (Å²) in [6, 6.07) is 0. The lowest BCUT2D eigenvalue weighted by atomic mass is 10.1. The molecule has 1 nitrogen and oxygen atoms in total. The Balaban J connectivity index is 3.63. The van der Waals surface area contributed by atoms with Crippen LogP contribution in [0.2, 0.25) is 0 Å². The Hall–Kier alpha value is -1.24. The average Bonchev–Trinajstić information content (AvgIpc) is 2.99. The maximum atomic E-state index is 6.29. The molecule has 0 N–H and O–H groups in total. The van der Waals surface area contributed by atoms with Gasteiger partial charge in [0.25, 0.3) is 0 Å². The standard InChI is InChI=1S/C40H74O/c1-5-9-11-13-15-17-19-21-23-25-27-29-31-33-35-37-39(7-3)41-40(8-4)38-36-34-32-30-28-26-24-22-20-18-16-14-12-10-6-2/h7-8,21-24H,5-6,9-20,25-38H2,1-4H3/b23-21-,24-22-,39-7?,40-8?. The number of hydrogen-bond acceptors (Lipinski definition) is 1. The van der Waals surface area contributed by atoms with Gasteiger partial charge in [-0.25, -0.2) is 0 Å². The lowest BCUT2D eigenvalue weighted by Gasteiger charge is -2.13. The highest BCUT2D eigenvalue weighted by molar-refractivity contribution is 5.00. The minimum atomic E-state index is 1.08. The van der Waals surface area contributed by atoms with Crippen LogP contribution in [0.15, 0.2) is 48.0 Å². The molecule has 240 valence electrons. The van der Waals surface area contributed by atoms with Gasteiger partial charge in [-0.05, 0) is 90.2 Å². The monoisotopic (exact) mass is 571 g/mol. The minimum absolute atomic E-state index is 1.08. The molecular formula is C40H74O. The Morgan fingerprint density at radius 2 is 0.634 bits per heavy atom. The van der Waals surface area contributed by atoms with Crippen LogP contribution in [-0.4, -0.2) is 0 Å². The Bertz CT molecular complexity index is 569. The Morgan fingerprint density at radius 1 is 0.366 bits per heavy atom. The molecule has 0 bridgehead atoms. The molecule has 0 aliphatic heterocycles. The van der Waals surface area contributed by atoms with Crippen molar-refractivity contribution in [2.45, 2.75) is 207 Å². The molecule has 41 heavy (non-hydrogen) atoms. The zero-order valence-corrected chi connectivity index (χ0v) is 28.7. The number of ether oxygens (including phenoxy) is 1. The van der Waals surface area contributed by atoms with Gasteiger partial charge in [0, 0.05) is 12.8 Å². The number of rotatable bonds is 32. The maximum absolute atomic E-state index is 6.29. The molecule has 0 heterocycles. The largest absolute Gasteiger partial charge is 0.467 e. The summed E-state index contributed by atoms with van der Waals surface area (Å²) >= 11 is 0. The third kappa shape index (κ3) is 31.5. The van der Waals surface area contributed by atoms with E-state index in [1.54, 1.807) is 0 Å². The summed E-state index contributed by atoms with van der Waals surface area (Å²) in [7, 11) is 0. The molecule has 0 amide bonds. The van der Waals surface area contributed by atoms with Crippen LogP contribution in [0.5, 0.6) is 0 Å². The fraction of sp³-hybridized carbons (Fsp3) is 0.800. The molecule has 0 aromatic carbocycles. The van der Waals surface area contributed by atoms with Gasteiger partial charge in [-0.2, -0.15) is 0 Å². The SMILES string of the molecule is CC=C(CCCCCCC/C=C\CCCCCCCC)OC(=CC)CCCCCCC/C=C\CCCCCCCC. The topological polar surface area (TPSA) is 9.23 Å². The van der Waals surface area contributed by atoms with E-state index in [1.165, 1.54) is 178 Å². The van der Waals surface area contributed by atoms with Gasteiger partial charge >= 0.3 is 0 Å². The third-order valence-electron chi connectivity index (χ3n) is 8.28. The summed E-state index contributed by atoms with van der Waals surface area (Å²) < 4.78 is 6.29. The third-order valence-corrected chi connectivity index (χ3v) is 8.28. The molecule has 0 spiro atoms. The fourth-order valence-corrected chi connectivity index (χ4v) is 5.42. The van der Waals surface area contributed by atoms with E-state index in [1.807, 2.05) is 0 Å². The molecule has 0 aromatic heterocycles. The van der Waals surface area contributed by atoms with E-state index >= 15 is 0 Å². The van der Waals surface area contributed by atoms with Gasteiger partial charge in [-0.15, -0.1) is 0 Å². The lowest BCUT2D eigenvalue weighted by Crippen LogP contribution is -1.95. The van der Waals surface area contributed by atoms with Crippen LogP contribution >= 0.6 is 0 Å². The first kappa shape index (κ1) is 39.8. The Morgan fingerprint density at radius 3 is 0.927 bits per heavy atom. The quantitative estimate of drug-likeness (QED) is 0.0444. The number of allylic oxidation sites excluding steroid dienone is 8. The molecule has 0 radical (unpaired) electrons. The van der Waals surface area contributed by atoms with Crippen LogP contribution in [-0.2, 0) is 4.74 Å². The second-order valence-electron chi connectivity index (χ2n) is 12.3. The van der Waals surface area contributed by atoms with Crippen LogP contribution in [0.1, 0.15) is 207 Å². The highest BCUT2D eigenvalue weighted by Crippen LogP contribution is 2.20. The van der Waals surface area contributed by atoms with Gasteiger partial charge in [0.1, 0.15) is 0 Å². The molecular weight excluding hydrogens is 496 g/mol. The van der Waals surface area contributed by atoms with Gasteiger partial charge in [0.15, 0.2) is 0 Å². The van der Waals surface area contributed by atoms with Crippen LogP contribution in [0.4, 0.5) is 0 Å². The second-order valence-corrected chi connectivity index (χ2v) is 12.3. The molecule has 0 saturated carbocycles. The maximum Gasteiger partial charge on any atom is 0.0993 e. The van der Waals surface area contributed by atoms with Crippen molar-refractivity contribution in [3.8, 4) is 0 Å². The fourth-order valence-electron chi connectivity index (χ4n) is 5.42. The average molecular weight is 571 g/mol. The van der Waals surface area contributed by atoms with Gasteiger partial charge in [0.2, 0.25) is 0 Å². The second kappa shape index (κ2) is 35.0. The number of unbranched alkanes of at least 4 members (excludes halogenated alkanes) is 22. The molecule has 0 fully saturated rings. The molecule has 0 aromatic rings. The van der Waals surface area contributed by atoms with E-state index in [2.05, 4.69) is 64.2 Å². The summed E-state index contributed by atoms with van der Waals surface area (Å²) in [5.41, 5.74) is 0. The smallest absolute Gasteiger partial charge is 0.0993 e. The molecule has 0 unspecified atom stereocenters. The van der Waals surface area contributed by atoms with Gasteiger partial charge in [0.05, 0.1) is 11.5 Å². The Labute approximate surface area is 259 Å². The summed E-state index contributed by atoms with van der Waals surface area (Å²) in [6.07, 6.45) is 51.4. The van der Waals surface area contributed by atoms with E-state index in [0.29, 0.717) is 0 Å². The van der Waals surface area contributed by atoms with Crippen LogP contribution in [0.25, 0.3) is 0 Å². The van der Waals surface area contributed by atoms with Crippen LogP contribution < -0.4 is 0 Å². The van der Waals surface area contributed by atoms with E-state index < -0.39 is 0 Å². The number of hydrogen-bond donors (Lipinski definition) is 0. The van der Waals surface area contributed by atoms with E-state index in [-0.39, 0.29) is 0 Å².